The van der Waals surface area contributed by atoms with Crippen molar-refractivity contribution in [1.29, 1.82) is 0 Å². The maximum atomic E-state index is 12.9. The quantitative estimate of drug-likeness (QED) is 0.671. The Labute approximate surface area is 171 Å². The molecule has 1 N–H and O–H groups in total. The SMILES string of the molecule is O=C(Nc1ccc(Oc2ccc(F)cc2)nc1)c1nc(N2CCCC2)ncc1Cl. The lowest BCUT2D eigenvalue weighted by Gasteiger charge is -2.16. The molecule has 7 nitrogen and oxygen atoms in total. The highest BCUT2D eigenvalue weighted by molar-refractivity contribution is 6.34. The van der Waals surface area contributed by atoms with Crippen molar-refractivity contribution in [2.45, 2.75) is 12.8 Å². The largest absolute Gasteiger partial charge is 0.439 e. The zero-order chi connectivity index (χ0) is 20.2. The second-order valence-electron chi connectivity index (χ2n) is 6.46. The number of halogens is 2. The molecule has 3 aromatic rings. The van der Waals surface area contributed by atoms with Crippen molar-refractivity contribution in [3.8, 4) is 11.6 Å². The van der Waals surface area contributed by atoms with Crippen LogP contribution >= 0.6 is 11.6 Å². The van der Waals surface area contributed by atoms with E-state index in [1.165, 1.54) is 36.7 Å². The maximum absolute atomic E-state index is 12.9. The molecule has 1 aliphatic rings. The molecule has 1 saturated heterocycles. The normalized spacial score (nSPS) is 13.4. The highest BCUT2D eigenvalue weighted by Crippen LogP contribution is 2.23. The van der Waals surface area contributed by atoms with Crippen LogP contribution in [0.4, 0.5) is 16.0 Å². The highest BCUT2D eigenvalue weighted by Gasteiger charge is 2.19. The van der Waals surface area contributed by atoms with Crippen LogP contribution in [0.5, 0.6) is 11.6 Å². The van der Waals surface area contributed by atoms with Gasteiger partial charge in [-0.2, -0.15) is 0 Å². The molecule has 0 saturated carbocycles. The van der Waals surface area contributed by atoms with E-state index in [9.17, 15) is 9.18 Å². The van der Waals surface area contributed by atoms with Crippen LogP contribution in [0.25, 0.3) is 0 Å². The van der Waals surface area contributed by atoms with Gasteiger partial charge in [-0.15, -0.1) is 0 Å². The Morgan fingerprint density at radius 1 is 1.07 bits per heavy atom. The third-order valence-electron chi connectivity index (χ3n) is 4.37. The van der Waals surface area contributed by atoms with Crippen LogP contribution in [0.1, 0.15) is 23.3 Å². The summed E-state index contributed by atoms with van der Waals surface area (Å²) in [6.45, 7) is 1.73. The molecular weight excluding hydrogens is 397 g/mol. The standard InChI is InChI=1S/C20H17ClFN5O2/c21-16-12-24-20(27-9-1-2-10-27)26-18(16)19(28)25-14-5-8-17(23-11-14)29-15-6-3-13(22)4-7-15/h3-8,11-12H,1-2,9-10H2,(H,25,28). The number of nitrogens with one attached hydrogen (secondary N) is 1. The Morgan fingerprint density at radius 3 is 2.52 bits per heavy atom. The van der Waals surface area contributed by atoms with Crippen LogP contribution in [0.15, 0.2) is 48.8 Å². The Balaban J connectivity index is 1.44. The Hall–Kier alpha value is -3.26. The monoisotopic (exact) mass is 413 g/mol. The van der Waals surface area contributed by atoms with E-state index < -0.39 is 5.91 Å². The van der Waals surface area contributed by atoms with Gasteiger partial charge in [0, 0.05) is 19.2 Å². The van der Waals surface area contributed by atoms with Crippen LogP contribution in [-0.2, 0) is 0 Å². The van der Waals surface area contributed by atoms with Crippen molar-refractivity contribution in [2.24, 2.45) is 0 Å². The van der Waals surface area contributed by atoms with Crippen LogP contribution in [-0.4, -0.2) is 33.9 Å². The van der Waals surface area contributed by atoms with Crippen LogP contribution in [0.2, 0.25) is 5.02 Å². The summed E-state index contributed by atoms with van der Waals surface area (Å²) in [6.07, 6.45) is 5.04. The number of hydrogen-bond donors (Lipinski definition) is 1. The first kappa shape index (κ1) is 19.1. The summed E-state index contributed by atoms with van der Waals surface area (Å²) in [4.78, 5) is 27.3. The molecule has 148 valence electrons. The number of nitrogens with zero attached hydrogens (tertiary/aromatic N) is 4. The van der Waals surface area contributed by atoms with Gasteiger partial charge in [0.2, 0.25) is 11.8 Å². The molecule has 0 bridgehead atoms. The van der Waals surface area contributed by atoms with Crippen molar-refractivity contribution < 1.29 is 13.9 Å². The summed E-state index contributed by atoms with van der Waals surface area (Å²) in [5.41, 5.74) is 0.564. The molecular formula is C20H17ClFN5O2. The van der Waals surface area contributed by atoms with E-state index in [0.717, 1.165) is 25.9 Å². The Bertz CT molecular complexity index is 1010. The number of rotatable bonds is 5. The summed E-state index contributed by atoms with van der Waals surface area (Å²) in [7, 11) is 0. The number of ether oxygens (including phenoxy) is 1. The average molecular weight is 414 g/mol. The molecule has 0 radical (unpaired) electrons. The van der Waals surface area contributed by atoms with E-state index >= 15 is 0 Å². The van der Waals surface area contributed by atoms with Crippen LogP contribution in [0.3, 0.4) is 0 Å². The van der Waals surface area contributed by atoms with Crippen molar-refractivity contribution in [1.82, 2.24) is 15.0 Å². The van der Waals surface area contributed by atoms with Crippen LogP contribution < -0.4 is 15.0 Å². The Morgan fingerprint density at radius 2 is 1.83 bits per heavy atom. The van der Waals surface area contributed by atoms with Gasteiger partial charge in [-0.3, -0.25) is 4.79 Å². The predicted molar refractivity (Wildman–Crippen MR) is 107 cm³/mol. The van der Waals surface area contributed by atoms with Gasteiger partial charge in [-0.1, -0.05) is 11.6 Å². The van der Waals surface area contributed by atoms with Gasteiger partial charge < -0.3 is 15.0 Å². The van der Waals surface area contributed by atoms with E-state index in [-0.39, 0.29) is 16.5 Å². The average Bonchev–Trinajstić information content (AvgIpc) is 3.26. The Kier molecular flexibility index (Phi) is 5.53. The number of carbonyl (C=O) groups excluding carboxylic acids is 1. The smallest absolute Gasteiger partial charge is 0.276 e. The molecule has 3 heterocycles. The second-order valence-corrected chi connectivity index (χ2v) is 6.86. The van der Waals surface area contributed by atoms with Gasteiger partial charge in [-0.05, 0) is 43.2 Å². The lowest BCUT2D eigenvalue weighted by molar-refractivity contribution is 0.102. The third kappa shape index (κ3) is 4.60. The minimum atomic E-state index is -0.452. The van der Waals surface area contributed by atoms with Gasteiger partial charge in [-0.25, -0.2) is 19.3 Å². The lowest BCUT2D eigenvalue weighted by Crippen LogP contribution is -2.23. The van der Waals surface area contributed by atoms with E-state index in [0.29, 0.717) is 23.3 Å². The number of pyridine rings is 1. The maximum Gasteiger partial charge on any atom is 0.276 e. The van der Waals surface area contributed by atoms with Crippen molar-refractivity contribution in [3.05, 3.63) is 65.3 Å². The summed E-state index contributed by atoms with van der Waals surface area (Å²) in [6, 6.07) is 8.83. The first-order chi connectivity index (χ1) is 14.1. The van der Waals surface area contributed by atoms with Gasteiger partial charge in [0.15, 0.2) is 5.69 Å². The highest BCUT2D eigenvalue weighted by atomic mass is 35.5. The van der Waals surface area contributed by atoms with E-state index in [4.69, 9.17) is 16.3 Å². The molecule has 2 aromatic heterocycles. The number of aromatic nitrogens is 3. The first-order valence-corrected chi connectivity index (χ1v) is 9.44. The summed E-state index contributed by atoms with van der Waals surface area (Å²) in [5, 5.41) is 2.89. The molecule has 0 spiro atoms. The molecule has 1 amide bonds. The molecule has 1 aromatic carbocycles. The molecule has 9 heteroatoms. The molecule has 1 fully saturated rings. The lowest BCUT2D eigenvalue weighted by atomic mass is 10.3. The fourth-order valence-electron chi connectivity index (χ4n) is 2.91. The number of carbonyl (C=O) groups is 1. The van der Waals surface area contributed by atoms with Gasteiger partial charge in [0.25, 0.3) is 5.91 Å². The fraction of sp³-hybridized carbons (Fsp3) is 0.200. The fourth-order valence-corrected chi connectivity index (χ4v) is 3.09. The molecule has 4 rings (SSSR count). The molecule has 0 unspecified atom stereocenters. The summed E-state index contributed by atoms with van der Waals surface area (Å²) >= 11 is 6.12. The van der Waals surface area contributed by atoms with Crippen molar-refractivity contribution in [2.75, 3.05) is 23.3 Å². The minimum Gasteiger partial charge on any atom is -0.439 e. The third-order valence-corrected chi connectivity index (χ3v) is 4.64. The van der Waals surface area contributed by atoms with Gasteiger partial charge >= 0.3 is 0 Å². The number of hydrogen-bond acceptors (Lipinski definition) is 6. The molecule has 0 atom stereocenters. The van der Waals surface area contributed by atoms with Crippen molar-refractivity contribution in [3.63, 3.8) is 0 Å². The second kappa shape index (κ2) is 8.40. The van der Waals surface area contributed by atoms with Crippen LogP contribution in [0, 0.1) is 5.82 Å². The zero-order valence-corrected chi connectivity index (χ0v) is 16.1. The number of anilines is 2. The predicted octanol–water partition coefficient (Wildman–Crippen LogP) is 4.31. The van der Waals surface area contributed by atoms with E-state index in [2.05, 4.69) is 20.3 Å². The first-order valence-electron chi connectivity index (χ1n) is 9.07. The molecule has 29 heavy (non-hydrogen) atoms. The number of benzene rings is 1. The zero-order valence-electron chi connectivity index (χ0n) is 15.3. The summed E-state index contributed by atoms with van der Waals surface area (Å²) in [5.74, 6) is 0.466. The molecule has 1 aliphatic heterocycles. The van der Waals surface area contributed by atoms with E-state index in [1.807, 2.05) is 4.90 Å². The topological polar surface area (TPSA) is 80.2 Å². The summed E-state index contributed by atoms with van der Waals surface area (Å²) < 4.78 is 18.5. The number of amides is 1. The van der Waals surface area contributed by atoms with Gasteiger partial charge in [0.1, 0.15) is 11.6 Å². The van der Waals surface area contributed by atoms with Gasteiger partial charge in [0.05, 0.1) is 23.1 Å². The minimum absolute atomic E-state index is 0.107. The van der Waals surface area contributed by atoms with E-state index in [1.54, 1.807) is 12.1 Å². The molecule has 0 aliphatic carbocycles. The van der Waals surface area contributed by atoms with Crippen molar-refractivity contribution >= 4 is 29.1 Å².